The molecule has 0 atom stereocenters. The van der Waals surface area contributed by atoms with Crippen LogP contribution in [0, 0.1) is 18.8 Å². The lowest BCUT2D eigenvalue weighted by Crippen LogP contribution is -2.37. The minimum Gasteiger partial charge on any atom is -0.321 e. The molecular formula is C10H13N2O+. The Balaban J connectivity index is 3.35. The number of nitrogens with two attached hydrogens (primary N) is 1. The average molecular weight is 177 g/mol. The topological polar surface area (TPSA) is 50.1 Å². The van der Waals surface area contributed by atoms with Crippen LogP contribution in [0.5, 0.6) is 0 Å². The number of aromatic nitrogens is 1. The molecule has 13 heavy (non-hydrogen) atoms. The second kappa shape index (κ2) is 3.92. The first-order valence-electron chi connectivity index (χ1n) is 4.06. The zero-order valence-corrected chi connectivity index (χ0v) is 7.83. The van der Waals surface area contributed by atoms with Crippen molar-refractivity contribution in [1.29, 1.82) is 0 Å². The van der Waals surface area contributed by atoms with Crippen LogP contribution in [0.3, 0.4) is 0 Å². The molecule has 0 fully saturated rings. The highest BCUT2D eigenvalue weighted by Crippen LogP contribution is 2.04. The molecule has 0 aliphatic heterocycles. The molecular weight excluding hydrogens is 164 g/mol. The van der Waals surface area contributed by atoms with Crippen LogP contribution >= 0.6 is 0 Å². The summed E-state index contributed by atoms with van der Waals surface area (Å²) in [6.07, 6.45) is 1.61. The monoisotopic (exact) mass is 177 g/mol. The van der Waals surface area contributed by atoms with Crippen molar-refractivity contribution >= 4 is 0 Å². The summed E-state index contributed by atoms with van der Waals surface area (Å²) in [5.74, 6) is 5.68. The maximum atomic E-state index is 9.47. The predicted octanol–water partition coefficient (Wildman–Crippen LogP) is 0.350. The Hall–Kier alpha value is -1.53. The molecule has 1 aromatic heterocycles. The minimum atomic E-state index is 0.279. The van der Waals surface area contributed by atoms with Gasteiger partial charge >= 0.3 is 0 Å². The standard InChI is InChI=1S/C10H13N2O/c1-3-4-9-5-8(2)7-12(13)10(9)6-11/h5,7,13H,6,11H2,1-2H3/q+1. The summed E-state index contributed by atoms with van der Waals surface area (Å²) in [6, 6.07) is 1.91. The third kappa shape index (κ3) is 1.98. The van der Waals surface area contributed by atoms with Gasteiger partial charge in [-0.3, -0.25) is 5.21 Å². The van der Waals surface area contributed by atoms with Gasteiger partial charge in [0.15, 0.2) is 0 Å². The number of nitrogens with zero attached hydrogens (tertiary/aromatic N) is 1. The number of aryl methyl sites for hydroxylation is 1. The normalized spacial score (nSPS) is 9.15. The van der Waals surface area contributed by atoms with E-state index in [0.717, 1.165) is 15.9 Å². The van der Waals surface area contributed by atoms with Crippen molar-refractivity contribution in [2.45, 2.75) is 20.4 Å². The smallest absolute Gasteiger partial charge is 0.263 e. The number of hydrogen-bond donors (Lipinski definition) is 2. The van der Waals surface area contributed by atoms with E-state index in [2.05, 4.69) is 11.8 Å². The molecule has 0 unspecified atom stereocenters. The van der Waals surface area contributed by atoms with E-state index in [4.69, 9.17) is 5.73 Å². The maximum absolute atomic E-state index is 9.47. The lowest BCUT2D eigenvalue weighted by Gasteiger charge is -1.97. The quantitative estimate of drug-likeness (QED) is 0.369. The second-order valence-electron chi connectivity index (χ2n) is 2.80. The zero-order chi connectivity index (χ0) is 9.84. The Kier molecular flexibility index (Phi) is 2.88. The largest absolute Gasteiger partial charge is 0.321 e. The molecule has 3 N–H and O–H groups in total. The van der Waals surface area contributed by atoms with Gasteiger partial charge in [0.1, 0.15) is 0 Å². The average Bonchev–Trinajstić information content (AvgIpc) is 2.04. The molecule has 0 bridgehead atoms. The summed E-state index contributed by atoms with van der Waals surface area (Å²) in [5, 5.41) is 9.47. The van der Waals surface area contributed by atoms with Crippen molar-refractivity contribution in [2.24, 2.45) is 5.73 Å². The van der Waals surface area contributed by atoms with E-state index in [1.54, 1.807) is 13.1 Å². The molecule has 1 rings (SSSR count). The predicted molar refractivity (Wildman–Crippen MR) is 49.0 cm³/mol. The summed E-state index contributed by atoms with van der Waals surface area (Å²) in [4.78, 5) is 0. The highest BCUT2D eigenvalue weighted by atomic mass is 16.5. The Morgan fingerprint density at radius 3 is 2.85 bits per heavy atom. The van der Waals surface area contributed by atoms with E-state index >= 15 is 0 Å². The van der Waals surface area contributed by atoms with Crippen LogP contribution in [0.1, 0.15) is 23.7 Å². The van der Waals surface area contributed by atoms with Crippen molar-refractivity contribution in [3.8, 4) is 11.8 Å². The van der Waals surface area contributed by atoms with Crippen molar-refractivity contribution < 1.29 is 9.94 Å². The molecule has 3 nitrogen and oxygen atoms in total. The molecule has 0 aliphatic carbocycles. The van der Waals surface area contributed by atoms with Gasteiger partial charge in [-0.2, -0.15) is 0 Å². The van der Waals surface area contributed by atoms with Crippen LogP contribution in [0.25, 0.3) is 0 Å². The van der Waals surface area contributed by atoms with Crippen molar-refractivity contribution in [3.63, 3.8) is 0 Å². The molecule has 0 radical (unpaired) electrons. The molecule has 3 heteroatoms. The van der Waals surface area contributed by atoms with E-state index in [0.29, 0.717) is 5.69 Å². The van der Waals surface area contributed by atoms with Crippen LogP contribution in [0.2, 0.25) is 0 Å². The van der Waals surface area contributed by atoms with Gasteiger partial charge < -0.3 is 5.73 Å². The second-order valence-corrected chi connectivity index (χ2v) is 2.80. The van der Waals surface area contributed by atoms with E-state index < -0.39 is 0 Å². The first-order valence-corrected chi connectivity index (χ1v) is 4.06. The van der Waals surface area contributed by atoms with E-state index in [9.17, 15) is 5.21 Å². The van der Waals surface area contributed by atoms with E-state index in [1.807, 2.05) is 13.0 Å². The molecule has 68 valence electrons. The molecule has 0 saturated heterocycles. The van der Waals surface area contributed by atoms with Gasteiger partial charge in [0.05, 0.1) is 12.1 Å². The zero-order valence-electron chi connectivity index (χ0n) is 7.83. The molecule has 0 aliphatic rings. The van der Waals surface area contributed by atoms with Crippen LogP contribution < -0.4 is 10.5 Å². The summed E-state index contributed by atoms with van der Waals surface area (Å²) < 4.78 is 1.04. The summed E-state index contributed by atoms with van der Waals surface area (Å²) >= 11 is 0. The SMILES string of the molecule is CC#Cc1cc(C)c[n+](O)c1CN. The Labute approximate surface area is 77.8 Å². The van der Waals surface area contributed by atoms with Crippen molar-refractivity contribution in [1.82, 2.24) is 0 Å². The van der Waals surface area contributed by atoms with Gasteiger partial charge in [0.2, 0.25) is 6.20 Å². The van der Waals surface area contributed by atoms with Crippen LogP contribution in [0.15, 0.2) is 12.3 Å². The summed E-state index contributed by atoms with van der Waals surface area (Å²) in [7, 11) is 0. The summed E-state index contributed by atoms with van der Waals surface area (Å²) in [6.45, 7) is 3.93. The highest BCUT2D eigenvalue weighted by molar-refractivity contribution is 5.37. The molecule has 1 aromatic rings. The first-order chi connectivity index (χ1) is 6.19. The molecule has 1 heterocycles. The minimum absolute atomic E-state index is 0.279. The lowest BCUT2D eigenvalue weighted by atomic mass is 10.1. The highest BCUT2D eigenvalue weighted by Gasteiger charge is 2.13. The van der Waals surface area contributed by atoms with Gasteiger partial charge in [0, 0.05) is 10.3 Å². The fourth-order valence-corrected chi connectivity index (χ4v) is 1.19. The van der Waals surface area contributed by atoms with Crippen molar-refractivity contribution in [3.05, 3.63) is 29.1 Å². The number of rotatable bonds is 1. The Bertz CT molecular complexity index is 374. The Morgan fingerprint density at radius 1 is 1.62 bits per heavy atom. The Morgan fingerprint density at radius 2 is 2.31 bits per heavy atom. The molecule has 0 spiro atoms. The van der Waals surface area contributed by atoms with Gasteiger partial charge in [-0.05, 0) is 19.9 Å². The fraction of sp³-hybridized carbons (Fsp3) is 0.300. The van der Waals surface area contributed by atoms with Gasteiger partial charge in [-0.15, -0.1) is 5.92 Å². The molecule has 0 amide bonds. The van der Waals surface area contributed by atoms with Crippen LogP contribution in [-0.4, -0.2) is 5.21 Å². The van der Waals surface area contributed by atoms with Gasteiger partial charge in [-0.1, -0.05) is 5.92 Å². The lowest BCUT2D eigenvalue weighted by molar-refractivity contribution is -0.909. The van der Waals surface area contributed by atoms with Crippen LogP contribution in [-0.2, 0) is 6.54 Å². The third-order valence-corrected chi connectivity index (χ3v) is 1.74. The number of pyridine rings is 1. The molecule has 0 aromatic carbocycles. The van der Waals surface area contributed by atoms with E-state index in [1.165, 1.54) is 0 Å². The van der Waals surface area contributed by atoms with Gasteiger partial charge in [0.25, 0.3) is 5.69 Å². The number of hydrogen-bond acceptors (Lipinski definition) is 2. The molecule has 0 saturated carbocycles. The first kappa shape index (κ1) is 9.56. The van der Waals surface area contributed by atoms with Crippen LogP contribution in [0.4, 0.5) is 0 Å². The van der Waals surface area contributed by atoms with Gasteiger partial charge in [-0.25, -0.2) is 0 Å². The maximum Gasteiger partial charge on any atom is 0.263 e. The summed E-state index contributed by atoms with van der Waals surface area (Å²) in [5.41, 5.74) is 7.86. The third-order valence-electron chi connectivity index (χ3n) is 1.74. The van der Waals surface area contributed by atoms with Crippen molar-refractivity contribution in [2.75, 3.05) is 0 Å². The fourth-order valence-electron chi connectivity index (χ4n) is 1.19. The van der Waals surface area contributed by atoms with E-state index in [-0.39, 0.29) is 6.54 Å².